The topological polar surface area (TPSA) is 78.9 Å². The van der Waals surface area contributed by atoms with Crippen LogP contribution in [-0.4, -0.2) is 54.9 Å². The second kappa shape index (κ2) is 6.75. The van der Waals surface area contributed by atoms with E-state index in [1.165, 1.54) is 4.90 Å². The van der Waals surface area contributed by atoms with Gasteiger partial charge in [0.15, 0.2) is 0 Å². The van der Waals surface area contributed by atoms with E-state index in [1.807, 2.05) is 6.92 Å². The summed E-state index contributed by atoms with van der Waals surface area (Å²) in [4.78, 5) is 24.8. The van der Waals surface area contributed by atoms with Crippen molar-refractivity contribution < 1.29 is 19.4 Å². The summed E-state index contributed by atoms with van der Waals surface area (Å²) in [5.41, 5.74) is -0.851. The number of carboxylic acid groups (broad SMARTS) is 1. The molecule has 0 aliphatic heterocycles. The zero-order chi connectivity index (χ0) is 14.5. The first-order valence-corrected chi connectivity index (χ1v) is 6.74. The maximum absolute atomic E-state index is 12.0. The number of carbonyl (C=O) groups excluding carboxylic acids is 1. The normalized spacial score (nSPS) is 26.2. The van der Waals surface area contributed by atoms with Gasteiger partial charge in [-0.2, -0.15) is 0 Å². The Labute approximate surface area is 114 Å². The quantitative estimate of drug-likeness (QED) is 0.714. The van der Waals surface area contributed by atoms with Gasteiger partial charge >= 0.3 is 12.0 Å². The lowest BCUT2D eigenvalue weighted by molar-refractivity contribution is -0.148. The molecule has 1 fully saturated rings. The zero-order valence-electron chi connectivity index (χ0n) is 11.9. The lowest BCUT2D eigenvalue weighted by Gasteiger charge is -2.29. The fraction of sp³-hybridized carbons (Fsp3) is 0.846. The summed E-state index contributed by atoms with van der Waals surface area (Å²) in [6.45, 7) is 5.21. The van der Waals surface area contributed by atoms with Gasteiger partial charge in [0.1, 0.15) is 0 Å². The first-order valence-electron chi connectivity index (χ1n) is 6.74. The summed E-state index contributed by atoms with van der Waals surface area (Å²) >= 11 is 0. The summed E-state index contributed by atoms with van der Waals surface area (Å²) < 4.78 is 5.19. The average molecular weight is 272 g/mol. The van der Waals surface area contributed by atoms with Crippen LogP contribution >= 0.6 is 0 Å². The molecule has 0 aromatic carbocycles. The van der Waals surface area contributed by atoms with E-state index in [0.29, 0.717) is 32.6 Å². The van der Waals surface area contributed by atoms with Gasteiger partial charge in [0.05, 0.1) is 12.0 Å². The van der Waals surface area contributed by atoms with Crippen LogP contribution in [0.3, 0.4) is 0 Å². The standard InChI is InChI=1S/C13H24N2O4/c1-4-19-9-8-15(3)12(18)14-10-6-5-7-13(10,2)11(16)17/h10H,4-9H2,1-3H3,(H,14,18)(H,16,17). The number of rotatable bonds is 6. The number of amides is 2. The minimum atomic E-state index is -0.851. The lowest BCUT2D eigenvalue weighted by Crippen LogP contribution is -2.51. The highest BCUT2D eigenvalue weighted by Crippen LogP contribution is 2.38. The van der Waals surface area contributed by atoms with Crippen LogP contribution in [0, 0.1) is 5.41 Å². The maximum Gasteiger partial charge on any atom is 0.317 e. The van der Waals surface area contributed by atoms with Gasteiger partial charge < -0.3 is 20.1 Å². The first kappa shape index (κ1) is 15.8. The Hall–Kier alpha value is -1.30. The maximum atomic E-state index is 12.0. The van der Waals surface area contributed by atoms with Gasteiger partial charge in [-0.15, -0.1) is 0 Å². The molecule has 2 atom stereocenters. The minimum absolute atomic E-state index is 0.237. The van der Waals surface area contributed by atoms with Gasteiger partial charge in [-0.3, -0.25) is 4.79 Å². The molecule has 1 aliphatic carbocycles. The summed E-state index contributed by atoms with van der Waals surface area (Å²) in [5.74, 6) is -0.840. The number of nitrogens with one attached hydrogen (secondary N) is 1. The Balaban J connectivity index is 2.49. The van der Waals surface area contributed by atoms with E-state index in [1.54, 1.807) is 14.0 Å². The van der Waals surface area contributed by atoms with Crippen LogP contribution in [0.5, 0.6) is 0 Å². The van der Waals surface area contributed by atoms with Crippen LogP contribution in [0.15, 0.2) is 0 Å². The van der Waals surface area contributed by atoms with Gasteiger partial charge in [-0.25, -0.2) is 4.79 Å². The van der Waals surface area contributed by atoms with Gasteiger partial charge in [0.2, 0.25) is 0 Å². The smallest absolute Gasteiger partial charge is 0.317 e. The predicted molar refractivity (Wildman–Crippen MR) is 71.0 cm³/mol. The third-order valence-electron chi connectivity index (χ3n) is 3.87. The number of nitrogens with zero attached hydrogens (tertiary/aromatic N) is 1. The molecule has 6 nitrogen and oxygen atoms in total. The van der Waals surface area contributed by atoms with E-state index in [2.05, 4.69) is 5.32 Å². The Morgan fingerprint density at radius 2 is 2.21 bits per heavy atom. The van der Waals surface area contributed by atoms with Crippen molar-refractivity contribution in [2.75, 3.05) is 26.8 Å². The molecule has 1 rings (SSSR count). The molecular formula is C13H24N2O4. The average Bonchev–Trinajstić information content (AvgIpc) is 2.72. The van der Waals surface area contributed by atoms with Crippen LogP contribution in [0.1, 0.15) is 33.1 Å². The Bertz CT molecular complexity index is 335. The Kier molecular flexibility index (Phi) is 5.60. The number of hydrogen-bond acceptors (Lipinski definition) is 3. The number of carboxylic acids is 1. The van der Waals surface area contributed by atoms with Gasteiger partial charge in [-0.1, -0.05) is 6.42 Å². The zero-order valence-corrected chi connectivity index (χ0v) is 11.9. The third-order valence-corrected chi connectivity index (χ3v) is 3.87. The fourth-order valence-electron chi connectivity index (χ4n) is 2.36. The molecule has 0 spiro atoms. The summed E-state index contributed by atoms with van der Waals surface area (Å²) in [6, 6.07) is -0.536. The molecule has 0 aromatic rings. The van der Waals surface area contributed by atoms with Gasteiger partial charge in [0.25, 0.3) is 0 Å². The number of aliphatic carboxylic acids is 1. The number of carbonyl (C=O) groups is 2. The molecule has 0 radical (unpaired) electrons. The molecule has 0 saturated heterocycles. The van der Waals surface area contributed by atoms with E-state index in [0.717, 1.165) is 6.42 Å². The molecule has 2 N–H and O–H groups in total. The SMILES string of the molecule is CCOCCN(C)C(=O)NC1CCCC1(C)C(=O)O. The van der Waals surface area contributed by atoms with E-state index >= 15 is 0 Å². The summed E-state index contributed by atoms with van der Waals surface area (Å²) in [5, 5.41) is 12.1. The fourth-order valence-corrected chi connectivity index (χ4v) is 2.36. The van der Waals surface area contributed by atoms with Crippen molar-refractivity contribution in [3.8, 4) is 0 Å². The molecule has 2 amide bonds. The van der Waals surface area contributed by atoms with Crippen molar-refractivity contribution >= 4 is 12.0 Å². The van der Waals surface area contributed by atoms with Crippen molar-refractivity contribution in [3.05, 3.63) is 0 Å². The van der Waals surface area contributed by atoms with Crippen molar-refractivity contribution in [1.29, 1.82) is 0 Å². The highest BCUT2D eigenvalue weighted by molar-refractivity contribution is 5.79. The monoisotopic (exact) mass is 272 g/mol. The van der Waals surface area contributed by atoms with Crippen molar-refractivity contribution in [2.45, 2.75) is 39.2 Å². The number of ether oxygens (including phenoxy) is 1. The molecule has 110 valence electrons. The second-order valence-electron chi connectivity index (χ2n) is 5.24. The molecule has 0 bridgehead atoms. The van der Waals surface area contributed by atoms with Crippen LogP contribution in [0.25, 0.3) is 0 Å². The van der Waals surface area contributed by atoms with Gasteiger partial charge in [-0.05, 0) is 26.7 Å². The van der Waals surface area contributed by atoms with Gasteiger partial charge in [0, 0.05) is 26.2 Å². The van der Waals surface area contributed by atoms with Crippen molar-refractivity contribution in [2.24, 2.45) is 5.41 Å². The molecule has 19 heavy (non-hydrogen) atoms. The predicted octanol–water partition coefficient (Wildman–Crippen LogP) is 1.31. The van der Waals surface area contributed by atoms with Crippen molar-refractivity contribution in [3.63, 3.8) is 0 Å². The number of urea groups is 1. The molecule has 6 heteroatoms. The lowest BCUT2D eigenvalue weighted by atomic mass is 9.85. The van der Waals surface area contributed by atoms with Crippen molar-refractivity contribution in [1.82, 2.24) is 10.2 Å². The van der Waals surface area contributed by atoms with E-state index in [4.69, 9.17) is 4.74 Å². The molecule has 1 saturated carbocycles. The van der Waals surface area contributed by atoms with Crippen LogP contribution < -0.4 is 5.32 Å². The van der Waals surface area contributed by atoms with Crippen LogP contribution in [0.4, 0.5) is 4.79 Å². The molecule has 0 heterocycles. The summed E-state index contributed by atoms with van der Waals surface area (Å²) in [6.07, 6.45) is 2.15. The highest BCUT2D eigenvalue weighted by Gasteiger charge is 2.46. The minimum Gasteiger partial charge on any atom is -0.481 e. The van der Waals surface area contributed by atoms with E-state index < -0.39 is 11.4 Å². The van der Waals surface area contributed by atoms with E-state index in [9.17, 15) is 14.7 Å². The Morgan fingerprint density at radius 3 is 2.79 bits per heavy atom. The molecular weight excluding hydrogens is 248 g/mol. The number of likely N-dealkylation sites (N-methyl/N-ethyl adjacent to an activating group) is 1. The highest BCUT2D eigenvalue weighted by atomic mass is 16.5. The van der Waals surface area contributed by atoms with E-state index in [-0.39, 0.29) is 12.1 Å². The van der Waals surface area contributed by atoms with Crippen LogP contribution in [0.2, 0.25) is 0 Å². The molecule has 2 unspecified atom stereocenters. The second-order valence-corrected chi connectivity index (χ2v) is 5.24. The molecule has 0 aromatic heterocycles. The largest absolute Gasteiger partial charge is 0.481 e. The summed E-state index contributed by atoms with van der Waals surface area (Å²) in [7, 11) is 1.68. The number of hydrogen-bond donors (Lipinski definition) is 2. The Morgan fingerprint density at radius 1 is 1.53 bits per heavy atom. The van der Waals surface area contributed by atoms with Crippen LogP contribution in [-0.2, 0) is 9.53 Å². The molecule has 1 aliphatic rings. The first-order chi connectivity index (χ1) is 8.91. The third kappa shape index (κ3) is 3.83.